The lowest BCUT2D eigenvalue weighted by Crippen LogP contribution is -2.27. The lowest BCUT2D eigenvalue weighted by atomic mass is 10.2. The van der Waals surface area contributed by atoms with Crippen molar-refractivity contribution in [2.24, 2.45) is 0 Å². The van der Waals surface area contributed by atoms with Crippen LogP contribution in [-0.4, -0.2) is 28.0 Å². The first-order chi connectivity index (χ1) is 8.28. The van der Waals surface area contributed by atoms with Crippen molar-refractivity contribution in [3.05, 3.63) is 11.3 Å². The Labute approximate surface area is 101 Å². The summed E-state index contributed by atoms with van der Waals surface area (Å²) < 4.78 is 5.29. The predicted octanol–water partition coefficient (Wildman–Crippen LogP) is 1.33. The molecule has 2 aliphatic rings. The molecule has 5 nitrogen and oxygen atoms in total. The minimum Gasteiger partial charge on any atom is -0.481 e. The van der Waals surface area contributed by atoms with Crippen LogP contribution in [0.1, 0.15) is 36.9 Å². The lowest BCUT2D eigenvalue weighted by molar-refractivity contribution is 0.199. The number of nitrogens with two attached hydrogens (primary N) is 1. The highest BCUT2D eigenvalue weighted by atomic mass is 16.5. The molecule has 0 spiro atoms. The Balaban J connectivity index is 1.86. The van der Waals surface area contributed by atoms with E-state index in [1.165, 1.54) is 25.7 Å². The number of nitrogens with zero attached hydrogens (tertiary/aromatic N) is 3. The molecule has 0 amide bonds. The molecule has 1 aromatic heterocycles. The highest BCUT2D eigenvalue weighted by molar-refractivity contribution is 5.38. The van der Waals surface area contributed by atoms with Crippen molar-refractivity contribution in [3.8, 4) is 5.88 Å². The maximum atomic E-state index is 5.69. The Morgan fingerprint density at radius 1 is 1.24 bits per heavy atom. The van der Waals surface area contributed by atoms with Gasteiger partial charge in [-0.3, -0.25) is 4.90 Å². The van der Waals surface area contributed by atoms with Crippen molar-refractivity contribution in [1.29, 1.82) is 0 Å². The number of rotatable bonds is 2. The monoisotopic (exact) mass is 234 g/mol. The summed E-state index contributed by atoms with van der Waals surface area (Å²) in [6.07, 6.45) is 5.31. The highest BCUT2D eigenvalue weighted by Gasteiger charge is 2.31. The SMILES string of the molecule is COc1nc(N)nc2c1CN(C1CCCC1)C2. The van der Waals surface area contributed by atoms with Crippen molar-refractivity contribution in [2.45, 2.75) is 44.8 Å². The molecular weight excluding hydrogens is 216 g/mol. The predicted molar refractivity (Wildman–Crippen MR) is 64.5 cm³/mol. The first-order valence-corrected chi connectivity index (χ1v) is 6.21. The van der Waals surface area contributed by atoms with E-state index in [0.717, 1.165) is 24.3 Å². The number of hydrogen-bond acceptors (Lipinski definition) is 5. The molecule has 0 saturated heterocycles. The van der Waals surface area contributed by atoms with E-state index in [1.807, 2.05) is 0 Å². The quantitative estimate of drug-likeness (QED) is 0.836. The van der Waals surface area contributed by atoms with Crippen LogP contribution in [0.2, 0.25) is 0 Å². The Morgan fingerprint density at radius 2 is 2.00 bits per heavy atom. The topological polar surface area (TPSA) is 64.3 Å². The fourth-order valence-corrected chi connectivity index (χ4v) is 2.96. The van der Waals surface area contributed by atoms with Gasteiger partial charge in [-0.2, -0.15) is 4.98 Å². The van der Waals surface area contributed by atoms with Crippen LogP contribution in [0, 0.1) is 0 Å². The van der Waals surface area contributed by atoms with Crippen molar-refractivity contribution in [1.82, 2.24) is 14.9 Å². The fraction of sp³-hybridized carbons (Fsp3) is 0.667. The molecule has 0 radical (unpaired) electrons. The van der Waals surface area contributed by atoms with Crippen molar-refractivity contribution < 1.29 is 4.74 Å². The van der Waals surface area contributed by atoms with Gasteiger partial charge in [-0.05, 0) is 12.8 Å². The molecule has 0 aromatic carbocycles. The Bertz CT molecular complexity index is 429. The molecule has 2 heterocycles. The molecule has 1 fully saturated rings. The molecule has 3 rings (SSSR count). The van der Waals surface area contributed by atoms with Gasteiger partial charge < -0.3 is 10.5 Å². The smallest absolute Gasteiger partial charge is 0.223 e. The summed E-state index contributed by atoms with van der Waals surface area (Å²) in [4.78, 5) is 11.0. The summed E-state index contributed by atoms with van der Waals surface area (Å²) in [6.45, 7) is 1.80. The van der Waals surface area contributed by atoms with Crippen LogP contribution in [0.25, 0.3) is 0 Å². The average Bonchev–Trinajstić information content (AvgIpc) is 2.95. The first kappa shape index (κ1) is 10.8. The zero-order valence-electron chi connectivity index (χ0n) is 10.1. The summed E-state index contributed by atoms with van der Waals surface area (Å²) >= 11 is 0. The van der Waals surface area contributed by atoms with Crippen LogP contribution in [-0.2, 0) is 13.1 Å². The van der Waals surface area contributed by atoms with Crippen LogP contribution in [0.5, 0.6) is 5.88 Å². The molecule has 1 aromatic rings. The molecule has 2 N–H and O–H groups in total. The molecule has 0 bridgehead atoms. The van der Waals surface area contributed by atoms with Gasteiger partial charge in [0.2, 0.25) is 11.8 Å². The van der Waals surface area contributed by atoms with E-state index in [2.05, 4.69) is 14.9 Å². The van der Waals surface area contributed by atoms with Crippen molar-refractivity contribution >= 4 is 5.95 Å². The first-order valence-electron chi connectivity index (χ1n) is 6.21. The van der Waals surface area contributed by atoms with E-state index >= 15 is 0 Å². The Morgan fingerprint density at radius 3 is 2.71 bits per heavy atom. The average molecular weight is 234 g/mol. The van der Waals surface area contributed by atoms with Gasteiger partial charge >= 0.3 is 0 Å². The van der Waals surface area contributed by atoms with Gasteiger partial charge in [0.15, 0.2) is 0 Å². The molecule has 1 aliphatic heterocycles. The zero-order chi connectivity index (χ0) is 11.8. The van der Waals surface area contributed by atoms with E-state index in [9.17, 15) is 0 Å². The number of fused-ring (bicyclic) bond motifs is 1. The summed E-state index contributed by atoms with van der Waals surface area (Å²) in [5.41, 5.74) is 7.85. The zero-order valence-corrected chi connectivity index (χ0v) is 10.1. The van der Waals surface area contributed by atoms with Gasteiger partial charge in [0, 0.05) is 19.1 Å². The number of nitrogen functional groups attached to an aromatic ring is 1. The summed E-state index contributed by atoms with van der Waals surface area (Å²) in [6, 6.07) is 0.704. The number of anilines is 1. The fourth-order valence-electron chi connectivity index (χ4n) is 2.96. The Kier molecular flexibility index (Phi) is 2.63. The summed E-state index contributed by atoms with van der Waals surface area (Å²) in [5.74, 6) is 0.960. The number of aromatic nitrogens is 2. The van der Waals surface area contributed by atoms with Gasteiger partial charge in [-0.1, -0.05) is 12.8 Å². The molecule has 0 unspecified atom stereocenters. The number of methoxy groups -OCH3 is 1. The van der Waals surface area contributed by atoms with E-state index in [1.54, 1.807) is 7.11 Å². The second kappa shape index (κ2) is 4.14. The van der Waals surface area contributed by atoms with E-state index in [4.69, 9.17) is 10.5 Å². The summed E-state index contributed by atoms with van der Waals surface area (Å²) in [5, 5.41) is 0. The van der Waals surface area contributed by atoms with Crippen molar-refractivity contribution in [3.63, 3.8) is 0 Å². The molecule has 5 heteroatoms. The minimum atomic E-state index is 0.314. The van der Waals surface area contributed by atoms with E-state index < -0.39 is 0 Å². The molecule has 0 atom stereocenters. The molecular formula is C12H18N4O. The largest absolute Gasteiger partial charge is 0.481 e. The highest BCUT2D eigenvalue weighted by Crippen LogP contribution is 2.34. The summed E-state index contributed by atoms with van der Waals surface area (Å²) in [7, 11) is 1.64. The van der Waals surface area contributed by atoms with Crippen molar-refractivity contribution in [2.75, 3.05) is 12.8 Å². The molecule has 1 saturated carbocycles. The maximum absolute atomic E-state index is 5.69. The number of hydrogen-bond donors (Lipinski definition) is 1. The molecule has 1 aliphatic carbocycles. The van der Waals surface area contributed by atoms with Crippen LogP contribution in [0.4, 0.5) is 5.95 Å². The normalized spacial score (nSPS) is 20.8. The third-order valence-corrected chi connectivity index (χ3v) is 3.82. The van der Waals surface area contributed by atoms with Gasteiger partial charge in [-0.25, -0.2) is 4.98 Å². The second-order valence-corrected chi connectivity index (χ2v) is 4.86. The van der Waals surface area contributed by atoms with Gasteiger partial charge in [0.25, 0.3) is 0 Å². The molecule has 17 heavy (non-hydrogen) atoms. The van der Waals surface area contributed by atoms with E-state index in [0.29, 0.717) is 17.9 Å². The van der Waals surface area contributed by atoms with Gasteiger partial charge in [0.1, 0.15) is 0 Å². The maximum Gasteiger partial charge on any atom is 0.223 e. The van der Waals surface area contributed by atoms with Crippen LogP contribution in [0.15, 0.2) is 0 Å². The third kappa shape index (κ3) is 1.84. The molecule has 92 valence electrons. The van der Waals surface area contributed by atoms with E-state index in [-0.39, 0.29) is 0 Å². The number of ether oxygens (including phenoxy) is 1. The van der Waals surface area contributed by atoms with Crippen LogP contribution < -0.4 is 10.5 Å². The van der Waals surface area contributed by atoms with Crippen LogP contribution >= 0.6 is 0 Å². The minimum absolute atomic E-state index is 0.314. The lowest BCUT2D eigenvalue weighted by Gasteiger charge is -2.22. The van der Waals surface area contributed by atoms with Gasteiger partial charge in [0.05, 0.1) is 18.4 Å². The van der Waals surface area contributed by atoms with Crippen LogP contribution in [0.3, 0.4) is 0 Å². The second-order valence-electron chi connectivity index (χ2n) is 4.86. The third-order valence-electron chi connectivity index (χ3n) is 3.82. The Hall–Kier alpha value is -1.36. The van der Waals surface area contributed by atoms with Gasteiger partial charge in [-0.15, -0.1) is 0 Å². The standard InChI is InChI=1S/C12H18N4O/c1-17-11-9-6-16(8-4-2-3-5-8)7-10(9)14-12(13)15-11/h8H,2-7H2,1H3,(H2,13,14,15).